The highest BCUT2D eigenvalue weighted by molar-refractivity contribution is 7.13. The molecule has 94 valence electrons. The maximum Gasteiger partial charge on any atom is 0.419 e. The molecule has 0 fully saturated rings. The highest BCUT2D eigenvalue weighted by Gasteiger charge is 2.34. The fourth-order valence-electron chi connectivity index (χ4n) is 1.35. The van der Waals surface area contributed by atoms with Crippen molar-refractivity contribution in [3.05, 3.63) is 40.7 Å². The number of benzene rings is 1. The minimum atomic E-state index is -4.76. The largest absolute Gasteiger partial charge is 0.419 e. The summed E-state index contributed by atoms with van der Waals surface area (Å²) >= 11 is 1.02. The Morgan fingerprint density at radius 3 is 2.56 bits per heavy atom. The quantitative estimate of drug-likeness (QED) is 0.616. The van der Waals surface area contributed by atoms with E-state index in [1.807, 2.05) is 0 Å². The van der Waals surface area contributed by atoms with Gasteiger partial charge in [-0.3, -0.25) is 4.79 Å². The molecule has 18 heavy (non-hydrogen) atoms. The van der Waals surface area contributed by atoms with Gasteiger partial charge >= 0.3 is 6.18 Å². The summed E-state index contributed by atoms with van der Waals surface area (Å²) in [6, 6.07) is 2.61. The Morgan fingerprint density at radius 1 is 1.28 bits per heavy atom. The van der Waals surface area contributed by atoms with Crippen LogP contribution in [0, 0.1) is 5.82 Å². The minimum Gasteiger partial charge on any atom is -0.296 e. The fourth-order valence-corrected chi connectivity index (χ4v) is 2.11. The van der Waals surface area contributed by atoms with E-state index < -0.39 is 17.6 Å². The molecule has 0 aliphatic heterocycles. The molecule has 0 bridgehead atoms. The van der Waals surface area contributed by atoms with Gasteiger partial charge in [0.05, 0.1) is 5.56 Å². The van der Waals surface area contributed by atoms with Gasteiger partial charge in [-0.1, -0.05) is 0 Å². The van der Waals surface area contributed by atoms with Crippen molar-refractivity contribution in [2.75, 3.05) is 0 Å². The van der Waals surface area contributed by atoms with E-state index in [1.54, 1.807) is 0 Å². The predicted octanol–water partition coefficient (Wildman–Crippen LogP) is 3.78. The number of aromatic nitrogens is 1. The zero-order chi connectivity index (χ0) is 13.3. The first-order valence-corrected chi connectivity index (χ1v) is 5.57. The van der Waals surface area contributed by atoms with Gasteiger partial charge in [0.15, 0.2) is 6.29 Å². The summed E-state index contributed by atoms with van der Waals surface area (Å²) in [6.45, 7) is 0. The Kier molecular flexibility index (Phi) is 3.16. The van der Waals surface area contributed by atoms with Crippen LogP contribution in [0.5, 0.6) is 0 Å². The van der Waals surface area contributed by atoms with E-state index in [9.17, 15) is 22.4 Å². The normalized spacial score (nSPS) is 11.6. The molecular formula is C11H5F4NOS. The van der Waals surface area contributed by atoms with Gasteiger partial charge < -0.3 is 0 Å². The van der Waals surface area contributed by atoms with E-state index in [1.165, 1.54) is 11.4 Å². The molecule has 0 radical (unpaired) electrons. The van der Waals surface area contributed by atoms with Crippen LogP contribution in [0.2, 0.25) is 0 Å². The number of hydrogen-bond donors (Lipinski definition) is 0. The van der Waals surface area contributed by atoms with Crippen molar-refractivity contribution < 1.29 is 22.4 Å². The van der Waals surface area contributed by atoms with Crippen LogP contribution in [0.15, 0.2) is 23.6 Å². The van der Waals surface area contributed by atoms with E-state index in [2.05, 4.69) is 4.98 Å². The minimum absolute atomic E-state index is 0.127. The monoisotopic (exact) mass is 275 g/mol. The second kappa shape index (κ2) is 4.49. The summed E-state index contributed by atoms with van der Waals surface area (Å²) in [5, 5.41) is 1.65. The summed E-state index contributed by atoms with van der Waals surface area (Å²) in [4.78, 5) is 14.2. The van der Waals surface area contributed by atoms with E-state index in [-0.39, 0.29) is 16.3 Å². The number of aldehydes is 1. The Morgan fingerprint density at radius 2 is 2.00 bits per heavy atom. The number of thiazole rings is 1. The Balaban J connectivity index is 2.50. The first-order valence-electron chi connectivity index (χ1n) is 4.69. The topological polar surface area (TPSA) is 30.0 Å². The second-order valence-corrected chi connectivity index (χ2v) is 4.25. The number of carbonyl (C=O) groups excluding carboxylic acids is 1. The van der Waals surface area contributed by atoms with Crippen LogP contribution >= 0.6 is 11.3 Å². The Hall–Kier alpha value is -1.76. The molecule has 0 spiro atoms. The third kappa shape index (κ3) is 2.40. The van der Waals surface area contributed by atoms with Gasteiger partial charge in [0.1, 0.15) is 16.5 Å². The van der Waals surface area contributed by atoms with Gasteiger partial charge in [0.2, 0.25) is 0 Å². The third-order valence-electron chi connectivity index (χ3n) is 2.16. The molecule has 2 nitrogen and oxygen atoms in total. The van der Waals surface area contributed by atoms with Crippen molar-refractivity contribution in [2.45, 2.75) is 6.18 Å². The van der Waals surface area contributed by atoms with E-state index in [0.29, 0.717) is 12.4 Å². The predicted molar refractivity (Wildman–Crippen MR) is 57.9 cm³/mol. The molecule has 2 aromatic rings. The van der Waals surface area contributed by atoms with E-state index in [4.69, 9.17) is 0 Å². The average Bonchev–Trinajstić information content (AvgIpc) is 2.76. The molecule has 0 saturated carbocycles. The molecule has 0 atom stereocenters. The van der Waals surface area contributed by atoms with Gasteiger partial charge in [-0.25, -0.2) is 9.37 Å². The number of halogens is 4. The second-order valence-electron chi connectivity index (χ2n) is 3.39. The number of nitrogens with zero attached hydrogens (tertiary/aromatic N) is 1. The maximum atomic E-state index is 13.1. The molecule has 0 aliphatic rings. The Bertz CT molecular complexity index is 591. The van der Waals surface area contributed by atoms with Gasteiger partial charge in [-0.2, -0.15) is 13.2 Å². The van der Waals surface area contributed by atoms with E-state index in [0.717, 1.165) is 17.4 Å². The van der Waals surface area contributed by atoms with Crippen molar-refractivity contribution >= 4 is 17.6 Å². The SMILES string of the molecule is O=Cc1csc(-c2ccc(F)c(C(F)(F)F)c2)n1. The first-order chi connectivity index (χ1) is 8.41. The van der Waals surface area contributed by atoms with Gasteiger partial charge in [-0.15, -0.1) is 11.3 Å². The number of alkyl halides is 3. The summed E-state index contributed by atoms with van der Waals surface area (Å²) in [7, 11) is 0. The van der Waals surface area contributed by atoms with Gasteiger partial charge in [-0.05, 0) is 18.2 Å². The molecular weight excluding hydrogens is 270 g/mol. The lowest BCUT2D eigenvalue weighted by Crippen LogP contribution is -2.08. The standard InChI is InChI=1S/C11H5F4NOS/c12-9-2-1-6(3-8(9)11(13,14)15)10-16-7(4-17)5-18-10/h1-5H. The fraction of sp³-hybridized carbons (Fsp3) is 0.0909. The highest BCUT2D eigenvalue weighted by Crippen LogP contribution is 2.34. The summed E-state index contributed by atoms with van der Waals surface area (Å²) in [6.07, 6.45) is -4.26. The average molecular weight is 275 g/mol. The summed E-state index contributed by atoms with van der Waals surface area (Å²) < 4.78 is 50.6. The molecule has 0 unspecified atom stereocenters. The molecule has 0 aliphatic carbocycles. The van der Waals surface area contributed by atoms with Crippen molar-refractivity contribution in [3.8, 4) is 10.6 Å². The van der Waals surface area contributed by atoms with E-state index >= 15 is 0 Å². The molecule has 0 saturated heterocycles. The zero-order valence-corrected chi connectivity index (χ0v) is 9.48. The first kappa shape index (κ1) is 12.7. The number of carbonyl (C=O) groups is 1. The van der Waals surface area contributed by atoms with Crippen molar-refractivity contribution in [2.24, 2.45) is 0 Å². The number of hydrogen-bond acceptors (Lipinski definition) is 3. The van der Waals surface area contributed by atoms with Crippen LogP contribution in [0.4, 0.5) is 17.6 Å². The maximum absolute atomic E-state index is 13.1. The third-order valence-corrected chi connectivity index (χ3v) is 3.07. The van der Waals surface area contributed by atoms with Crippen LogP contribution in [-0.4, -0.2) is 11.3 Å². The van der Waals surface area contributed by atoms with Gasteiger partial charge in [0.25, 0.3) is 0 Å². The van der Waals surface area contributed by atoms with Crippen LogP contribution in [-0.2, 0) is 6.18 Å². The van der Waals surface area contributed by atoms with Crippen LogP contribution in [0.25, 0.3) is 10.6 Å². The van der Waals surface area contributed by atoms with Crippen LogP contribution < -0.4 is 0 Å². The lowest BCUT2D eigenvalue weighted by atomic mass is 10.1. The molecule has 0 N–H and O–H groups in total. The van der Waals surface area contributed by atoms with Crippen molar-refractivity contribution in [3.63, 3.8) is 0 Å². The lowest BCUT2D eigenvalue weighted by Gasteiger charge is -2.08. The zero-order valence-electron chi connectivity index (χ0n) is 8.66. The molecule has 7 heteroatoms. The smallest absolute Gasteiger partial charge is 0.296 e. The summed E-state index contributed by atoms with van der Waals surface area (Å²) in [5.41, 5.74) is -1.09. The Labute approximate surface area is 103 Å². The van der Waals surface area contributed by atoms with Gasteiger partial charge in [0, 0.05) is 10.9 Å². The van der Waals surface area contributed by atoms with Crippen LogP contribution in [0.1, 0.15) is 16.1 Å². The molecule has 1 aromatic heterocycles. The van der Waals surface area contributed by atoms with Crippen molar-refractivity contribution in [1.29, 1.82) is 0 Å². The van der Waals surface area contributed by atoms with Crippen molar-refractivity contribution in [1.82, 2.24) is 4.98 Å². The molecule has 1 heterocycles. The number of rotatable bonds is 2. The summed E-state index contributed by atoms with van der Waals surface area (Å²) in [5.74, 6) is -1.33. The molecule has 1 aromatic carbocycles. The lowest BCUT2D eigenvalue weighted by molar-refractivity contribution is -0.139. The highest BCUT2D eigenvalue weighted by atomic mass is 32.1. The molecule has 0 amide bonds. The molecule has 2 rings (SSSR count). The van der Waals surface area contributed by atoms with Crippen LogP contribution in [0.3, 0.4) is 0 Å².